The lowest BCUT2D eigenvalue weighted by Crippen LogP contribution is -2.36. The van der Waals surface area contributed by atoms with Crippen molar-refractivity contribution in [3.05, 3.63) is 0 Å². The summed E-state index contributed by atoms with van der Waals surface area (Å²) in [5.74, 6) is 0.190. The first kappa shape index (κ1) is 15.3. The molecule has 1 fully saturated rings. The Bertz CT molecular complexity index is 288. The molecule has 1 aliphatic rings. The third kappa shape index (κ3) is 4.52. The van der Waals surface area contributed by atoms with Gasteiger partial charge in [-0.2, -0.15) is 11.8 Å². The van der Waals surface area contributed by atoms with E-state index < -0.39 is 11.4 Å². The number of amides is 1. The molecule has 0 spiro atoms. The summed E-state index contributed by atoms with van der Waals surface area (Å²) in [6.45, 7) is 0.662. The van der Waals surface area contributed by atoms with Crippen molar-refractivity contribution in [1.29, 1.82) is 0 Å². The van der Waals surface area contributed by atoms with Crippen LogP contribution in [0.3, 0.4) is 0 Å². The summed E-state index contributed by atoms with van der Waals surface area (Å²) in [6.07, 6.45) is 7.39. The average molecular weight is 273 g/mol. The van der Waals surface area contributed by atoms with Gasteiger partial charge in [0.2, 0.25) is 5.91 Å². The molecule has 1 aliphatic carbocycles. The Morgan fingerprint density at radius 2 is 1.94 bits per heavy atom. The van der Waals surface area contributed by atoms with Gasteiger partial charge in [-0.3, -0.25) is 9.59 Å². The third-order valence-electron chi connectivity index (χ3n) is 3.61. The Morgan fingerprint density at radius 1 is 1.28 bits per heavy atom. The van der Waals surface area contributed by atoms with Crippen LogP contribution in [0.25, 0.3) is 0 Å². The number of nitrogens with one attached hydrogen (secondary N) is 1. The highest BCUT2D eigenvalue weighted by atomic mass is 32.2. The Hall–Kier alpha value is -0.710. The molecule has 0 aromatic rings. The van der Waals surface area contributed by atoms with Gasteiger partial charge < -0.3 is 10.4 Å². The maximum absolute atomic E-state index is 11.8. The van der Waals surface area contributed by atoms with Gasteiger partial charge in [-0.25, -0.2) is 0 Å². The topological polar surface area (TPSA) is 66.4 Å². The molecule has 0 radical (unpaired) electrons. The minimum Gasteiger partial charge on any atom is -0.481 e. The zero-order valence-electron chi connectivity index (χ0n) is 11.0. The largest absolute Gasteiger partial charge is 0.481 e. The van der Waals surface area contributed by atoms with Crippen LogP contribution in [0.1, 0.15) is 44.9 Å². The minimum absolute atomic E-state index is 0.108. The fourth-order valence-electron chi connectivity index (χ4n) is 2.49. The van der Waals surface area contributed by atoms with Gasteiger partial charge in [0.15, 0.2) is 0 Å². The Labute approximate surface area is 113 Å². The van der Waals surface area contributed by atoms with Crippen LogP contribution in [0.2, 0.25) is 0 Å². The van der Waals surface area contributed by atoms with E-state index in [9.17, 15) is 14.7 Å². The molecule has 4 nitrogen and oxygen atoms in total. The fraction of sp³-hybridized carbons (Fsp3) is 0.846. The van der Waals surface area contributed by atoms with Gasteiger partial charge in [0, 0.05) is 13.0 Å². The van der Waals surface area contributed by atoms with E-state index in [1.165, 1.54) is 0 Å². The van der Waals surface area contributed by atoms with E-state index in [0.717, 1.165) is 31.4 Å². The van der Waals surface area contributed by atoms with Gasteiger partial charge in [-0.1, -0.05) is 12.8 Å². The van der Waals surface area contributed by atoms with Crippen molar-refractivity contribution in [2.24, 2.45) is 5.41 Å². The summed E-state index contributed by atoms with van der Waals surface area (Å²) in [6, 6.07) is 0. The summed E-state index contributed by atoms with van der Waals surface area (Å²) in [4.78, 5) is 23.1. The van der Waals surface area contributed by atoms with Crippen LogP contribution >= 0.6 is 11.8 Å². The molecule has 0 saturated heterocycles. The normalized spacial score (nSPS) is 17.6. The predicted molar refractivity (Wildman–Crippen MR) is 73.8 cm³/mol. The summed E-state index contributed by atoms with van der Waals surface area (Å²) in [5, 5.41) is 12.1. The van der Waals surface area contributed by atoms with Gasteiger partial charge in [0.05, 0.1) is 5.41 Å². The quantitative estimate of drug-likeness (QED) is 0.666. The van der Waals surface area contributed by atoms with Crippen LogP contribution in [-0.4, -0.2) is 35.5 Å². The second kappa shape index (κ2) is 7.67. The molecule has 0 atom stereocenters. The van der Waals surface area contributed by atoms with Crippen LogP contribution in [0.5, 0.6) is 0 Å². The van der Waals surface area contributed by atoms with Crippen LogP contribution in [-0.2, 0) is 9.59 Å². The first-order chi connectivity index (χ1) is 8.60. The van der Waals surface area contributed by atoms with Gasteiger partial charge in [-0.15, -0.1) is 0 Å². The van der Waals surface area contributed by atoms with E-state index in [2.05, 4.69) is 11.6 Å². The van der Waals surface area contributed by atoms with E-state index in [-0.39, 0.29) is 12.3 Å². The van der Waals surface area contributed by atoms with Crippen LogP contribution in [0.15, 0.2) is 0 Å². The molecule has 0 aliphatic heterocycles. The first-order valence-electron chi connectivity index (χ1n) is 6.60. The second-order valence-corrected chi connectivity index (χ2v) is 6.00. The number of unbranched alkanes of at least 4 members (excludes halogenated alkanes) is 1. The molecule has 0 unspecified atom stereocenters. The van der Waals surface area contributed by atoms with Gasteiger partial charge in [0.25, 0.3) is 0 Å². The maximum atomic E-state index is 11.8. The minimum atomic E-state index is -0.808. The van der Waals surface area contributed by atoms with Gasteiger partial charge in [0.1, 0.15) is 0 Å². The third-order valence-corrected chi connectivity index (χ3v) is 4.31. The lowest BCUT2D eigenvalue weighted by Gasteiger charge is -2.22. The number of thioether (sulfide) groups is 1. The molecule has 1 saturated carbocycles. The molecule has 18 heavy (non-hydrogen) atoms. The highest BCUT2D eigenvalue weighted by molar-refractivity contribution is 7.98. The highest BCUT2D eigenvalue weighted by Crippen LogP contribution is 2.41. The van der Waals surface area contributed by atoms with Crippen molar-refractivity contribution in [3.8, 4) is 0 Å². The van der Waals surface area contributed by atoms with E-state index in [1.54, 1.807) is 11.8 Å². The molecule has 1 rings (SSSR count). The first-order valence-corrected chi connectivity index (χ1v) is 7.99. The predicted octanol–water partition coefficient (Wildman–Crippen LogP) is 2.28. The van der Waals surface area contributed by atoms with Crippen molar-refractivity contribution >= 4 is 23.6 Å². The Kier molecular flexibility index (Phi) is 6.54. The Morgan fingerprint density at radius 3 is 2.50 bits per heavy atom. The number of carbonyl (C=O) groups is 2. The molecule has 1 amide bonds. The van der Waals surface area contributed by atoms with Crippen molar-refractivity contribution in [2.45, 2.75) is 44.9 Å². The smallest absolute Gasteiger partial charge is 0.310 e. The van der Waals surface area contributed by atoms with E-state index in [4.69, 9.17) is 0 Å². The lowest BCUT2D eigenvalue weighted by molar-refractivity contribution is -0.151. The van der Waals surface area contributed by atoms with Crippen molar-refractivity contribution < 1.29 is 14.7 Å². The zero-order valence-corrected chi connectivity index (χ0v) is 11.9. The summed E-state index contributed by atoms with van der Waals surface area (Å²) in [5.41, 5.74) is -0.788. The zero-order chi connectivity index (χ0) is 13.4. The number of hydrogen-bond acceptors (Lipinski definition) is 3. The number of carboxylic acids is 1. The number of hydrogen-bond donors (Lipinski definition) is 2. The number of rotatable bonds is 8. The van der Waals surface area contributed by atoms with Crippen LogP contribution in [0.4, 0.5) is 0 Å². The molecular weight excluding hydrogens is 250 g/mol. The maximum Gasteiger partial charge on any atom is 0.310 e. The Balaban J connectivity index is 2.27. The van der Waals surface area contributed by atoms with Crippen LogP contribution < -0.4 is 5.32 Å². The monoisotopic (exact) mass is 273 g/mol. The SMILES string of the molecule is CSCCCCNC(=O)CC1(C(=O)O)CCCC1. The van der Waals surface area contributed by atoms with Crippen molar-refractivity contribution in [3.63, 3.8) is 0 Å². The highest BCUT2D eigenvalue weighted by Gasteiger charge is 2.42. The molecule has 2 N–H and O–H groups in total. The molecule has 5 heteroatoms. The molecule has 104 valence electrons. The van der Waals surface area contributed by atoms with E-state index in [1.807, 2.05) is 0 Å². The summed E-state index contributed by atoms with van der Waals surface area (Å²) < 4.78 is 0. The molecule has 0 bridgehead atoms. The summed E-state index contributed by atoms with van der Waals surface area (Å²) >= 11 is 1.80. The van der Waals surface area contributed by atoms with Gasteiger partial charge >= 0.3 is 5.97 Å². The fourth-order valence-corrected chi connectivity index (χ4v) is 2.98. The van der Waals surface area contributed by atoms with E-state index in [0.29, 0.717) is 19.4 Å². The number of carbonyl (C=O) groups excluding carboxylic acids is 1. The lowest BCUT2D eigenvalue weighted by atomic mass is 9.82. The van der Waals surface area contributed by atoms with Crippen molar-refractivity contribution in [1.82, 2.24) is 5.32 Å². The average Bonchev–Trinajstić information content (AvgIpc) is 2.78. The molecule has 0 heterocycles. The molecule has 0 aromatic carbocycles. The number of aliphatic carboxylic acids is 1. The molecule has 0 aromatic heterocycles. The summed E-state index contributed by atoms with van der Waals surface area (Å²) in [7, 11) is 0. The van der Waals surface area contributed by atoms with Crippen LogP contribution in [0, 0.1) is 5.41 Å². The number of carboxylic acid groups (broad SMARTS) is 1. The second-order valence-electron chi connectivity index (χ2n) is 5.02. The van der Waals surface area contributed by atoms with Crippen molar-refractivity contribution in [2.75, 3.05) is 18.6 Å². The van der Waals surface area contributed by atoms with Gasteiger partial charge in [-0.05, 0) is 37.7 Å². The standard InChI is InChI=1S/C13H23NO3S/c1-18-9-5-4-8-14-11(15)10-13(12(16)17)6-2-3-7-13/h2-10H2,1H3,(H,14,15)(H,16,17). The molecular formula is C13H23NO3S. The van der Waals surface area contributed by atoms with E-state index >= 15 is 0 Å².